The molecule has 3 heterocycles. The fourth-order valence-corrected chi connectivity index (χ4v) is 5.19. The van der Waals surface area contributed by atoms with Gasteiger partial charge in [0.25, 0.3) is 0 Å². The van der Waals surface area contributed by atoms with Gasteiger partial charge in [0, 0.05) is 19.6 Å². The van der Waals surface area contributed by atoms with Crippen LogP contribution in [0.3, 0.4) is 0 Å². The zero-order valence-corrected chi connectivity index (χ0v) is 21.2. The van der Waals surface area contributed by atoms with Crippen molar-refractivity contribution in [3.05, 3.63) is 11.6 Å². The first kappa shape index (κ1) is 24.5. The molecule has 2 fully saturated rings. The topological polar surface area (TPSA) is 129 Å². The molecule has 2 aromatic heterocycles. The third-order valence-corrected chi connectivity index (χ3v) is 6.66. The van der Waals surface area contributed by atoms with Crippen molar-refractivity contribution in [2.75, 3.05) is 19.6 Å². The molecule has 1 saturated carbocycles. The molecule has 0 aromatic carbocycles. The van der Waals surface area contributed by atoms with E-state index in [-0.39, 0.29) is 23.6 Å². The quantitative estimate of drug-likeness (QED) is 0.643. The Labute approximate surface area is 200 Å². The highest BCUT2D eigenvalue weighted by Crippen LogP contribution is 2.44. The largest absolute Gasteiger partial charge is 0.444 e. The van der Waals surface area contributed by atoms with Gasteiger partial charge in [-0.3, -0.25) is 0 Å². The smallest absolute Gasteiger partial charge is 0.410 e. The summed E-state index contributed by atoms with van der Waals surface area (Å²) in [4.78, 5) is 15.8. The normalized spacial score (nSPS) is 24.6. The van der Waals surface area contributed by atoms with Gasteiger partial charge >= 0.3 is 6.09 Å². The van der Waals surface area contributed by atoms with Crippen LogP contribution in [0.4, 0.5) is 4.79 Å². The molecule has 0 radical (unpaired) electrons. The molecule has 12 heteroatoms. The number of hydrogen-bond acceptors (Lipinski definition) is 9. The second-order valence-electron chi connectivity index (χ2n) is 11.2. The number of tetrazole rings is 2. The van der Waals surface area contributed by atoms with Gasteiger partial charge in [-0.15, -0.1) is 15.3 Å². The number of ether oxygens (including phenoxy) is 1. The fourth-order valence-electron chi connectivity index (χ4n) is 5.19. The summed E-state index contributed by atoms with van der Waals surface area (Å²) in [5.41, 5.74) is -0.261. The number of hydrogen-bond donors (Lipinski definition) is 1. The molecule has 12 nitrogen and oxygen atoms in total. The van der Waals surface area contributed by atoms with Crippen LogP contribution < -0.4 is 5.32 Å². The SMILES string of the molecule is CCn1nnc(C(NCC2(C)CC(C)C2)c2nnnn2C2CCN(C(=O)OC(C)(C)C)CC2)n1. The average molecular weight is 475 g/mol. The standard InChI is InChI=1S/C22H38N10O2/c1-7-31-26-18(24-28-31)17(23-14-22(6)12-15(2)13-22)19-25-27-29-32(19)16-8-10-30(11-9-16)20(33)34-21(3,4)5/h15-17,23H,7-14H2,1-6H3. The van der Waals surface area contributed by atoms with E-state index in [1.165, 1.54) is 12.8 Å². The molecule has 188 valence electrons. The minimum Gasteiger partial charge on any atom is -0.444 e. The van der Waals surface area contributed by atoms with Crippen molar-refractivity contribution in [2.45, 2.75) is 91.5 Å². The average Bonchev–Trinajstić information content (AvgIpc) is 3.42. The first-order valence-electron chi connectivity index (χ1n) is 12.3. The molecule has 0 spiro atoms. The number of nitrogens with one attached hydrogen (secondary N) is 1. The second kappa shape index (κ2) is 9.55. The van der Waals surface area contributed by atoms with E-state index >= 15 is 0 Å². The van der Waals surface area contributed by atoms with Crippen LogP contribution in [0.1, 0.15) is 91.0 Å². The van der Waals surface area contributed by atoms with Crippen molar-refractivity contribution in [3.8, 4) is 0 Å². The summed E-state index contributed by atoms with van der Waals surface area (Å²) in [6.45, 7) is 14.9. The summed E-state index contributed by atoms with van der Waals surface area (Å²) in [5, 5.41) is 29.4. The van der Waals surface area contributed by atoms with Gasteiger partial charge in [-0.05, 0) is 80.4 Å². The maximum absolute atomic E-state index is 12.5. The third-order valence-electron chi connectivity index (χ3n) is 6.66. The van der Waals surface area contributed by atoms with E-state index in [1.807, 2.05) is 32.4 Å². The van der Waals surface area contributed by atoms with Crippen LogP contribution in [0.2, 0.25) is 0 Å². The van der Waals surface area contributed by atoms with Crippen LogP contribution >= 0.6 is 0 Å². The summed E-state index contributed by atoms with van der Waals surface area (Å²) < 4.78 is 7.40. The highest BCUT2D eigenvalue weighted by atomic mass is 16.6. The Balaban J connectivity index is 1.48. The fraction of sp³-hybridized carbons (Fsp3) is 0.864. The lowest BCUT2D eigenvalue weighted by molar-refractivity contribution is 0.0183. The number of aryl methyl sites for hydroxylation is 1. The molecule has 1 N–H and O–H groups in total. The van der Waals surface area contributed by atoms with Gasteiger partial charge in [0.2, 0.25) is 0 Å². The summed E-state index contributed by atoms with van der Waals surface area (Å²) >= 11 is 0. The van der Waals surface area contributed by atoms with E-state index in [0.29, 0.717) is 31.3 Å². The van der Waals surface area contributed by atoms with Crippen LogP contribution in [-0.4, -0.2) is 76.6 Å². The molecule has 34 heavy (non-hydrogen) atoms. The van der Waals surface area contributed by atoms with Gasteiger partial charge < -0.3 is 15.0 Å². The second-order valence-corrected chi connectivity index (χ2v) is 11.2. The number of rotatable bonds is 7. The Hall–Kier alpha value is -2.63. The number of nitrogens with zero attached hydrogens (tertiary/aromatic N) is 9. The summed E-state index contributed by atoms with van der Waals surface area (Å²) in [6, 6.07) is -0.277. The number of likely N-dealkylation sites (tertiary alicyclic amines) is 1. The van der Waals surface area contributed by atoms with Crippen LogP contribution in [0.5, 0.6) is 0 Å². The molecule has 2 aromatic rings. The number of amides is 1. The summed E-state index contributed by atoms with van der Waals surface area (Å²) in [7, 11) is 0. The van der Waals surface area contributed by atoms with E-state index in [2.05, 4.69) is 50.1 Å². The van der Waals surface area contributed by atoms with Crippen LogP contribution in [0.25, 0.3) is 0 Å². The van der Waals surface area contributed by atoms with Crippen molar-refractivity contribution in [2.24, 2.45) is 11.3 Å². The molecule has 1 aliphatic carbocycles. The third kappa shape index (κ3) is 5.53. The van der Waals surface area contributed by atoms with Gasteiger partial charge in [0.1, 0.15) is 11.6 Å². The number of carbonyl (C=O) groups is 1. The Morgan fingerprint density at radius 3 is 2.50 bits per heavy atom. The van der Waals surface area contributed by atoms with Gasteiger partial charge in [-0.25, -0.2) is 9.48 Å². The van der Waals surface area contributed by atoms with Gasteiger partial charge in [-0.2, -0.15) is 4.80 Å². The highest BCUT2D eigenvalue weighted by molar-refractivity contribution is 5.68. The summed E-state index contributed by atoms with van der Waals surface area (Å²) in [6.07, 6.45) is 3.60. The number of piperidine rings is 1. The van der Waals surface area contributed by atoms with Gasteiger partial charge in [0.15, 0.2) is 11.6 Å². The molecule has 1 atom stereocenters. The van der Waals surface area contributed by atoms with Gasteiger partial charge in [0.05, 0.1) is 12.6 Å². The van der Waals surface area contributed by atoms with E-state index in [4.69, 9.17) is 4.74 Å². The van der Waals surface area contributed by atoms with E-state index in [0.717, 1.165) is 25.3 Å². The van der Waals surface area contributed by atoms with Crippen molar-refractivity contribution in [1.29, 1.82) is 0 Å². The maximum Gasteiger partial charge on any atom is 0.410 e. The molecular formula is C22H38N10O2. The Morgan fingerprint density at radius 2 is 1.91 bits per heavy atom. The Morgan fingerprint density at radius 1 is 1.21 bits per heavy atom. The Kier molecular flexibility index (Phi) is 6.88. The number of aromatic nitrogens is 8. The first-order chi connectivity index (χ1) is 16.1. The molecule has 1 unspecified atom stereocenters. The zero-order valence-electron chi connectivity index (χ0n) is 21.2. The van der Waals surface area contributed by atoms with E-state index in [1.54, 1.807) is 9.70 Å². The number of carbonyl (C=O) groups excluding carboxylic acids is 1. The van der Waals surface area contributed by atoms with E-state index in [9.17, 15) is 4.79 Å². The lowest BCUT2D eigenvalue weighted by Crippen LogP contribution is -2.44. The van der Waals surface area contributed by atoms with E-state index < -0.39 is 5.60 Å². The predicted molar refractivity (Wildman–Crippen MR) is 124 cm³/mol. The van der Waals surface area contributed by atoms with Gasteiger partial charge in [-0.1, -0.05) is 13.8 Å². The first-order valence-corrected chi connectivity index (χ1v) is 12.3. The minimum absolute atomic E-state index is 0.0773. The molecule has 1 amide bonds. The molecule has 0 bridgehead atoms. The molecule has 4 rings (SSSR count). The predicted octanol–water partition coefficient (Wildman–Crippen LogP) is 2.37. The maximum atomic E-state index is 12.5. The molecule has 1 aliphatic heterocycles. The molecule has 1 saturated heterocycles. The van der Waals surface area contributed by atoms with Crippen molar-refractivity contribution in [3.63, 3.8) is 0 Å². The molecule has 2 aliphatic rings. The van der Waals surface area contributed by atoms with Crippen molar-refractivity contribution in [1.82, 2.24) is 50.6 Å². The van der Waals surface area contributed by atoms with Crippen LogP contribution in [0.15, 0.2) is 0 Å². The Bertz CT molecular complexity index is 966. The summed E-state index contributed by atoms with van der Waals surface area (Å²) in [5.74, 6) is 2.01. The lowest BCUT2D eigenvalue weighted by atomic mass is 9.64. The molecular weight excluding hydrogens is 436 g/mol. The highest BCUT2D eigenvalue weighted by Gasteiger charge is 2.39. The monoisotopic (exact) mass is 474 g/mol. The van der Waals surface area contributed by atoms with Crippen molar-refractivity contribution < 1.29 is 9.53 Å². The lowest BCUT2D eigenvalue weighted by Gasteiger charge is -2.44. The van der Waals surface area contributed by atoms with Crippen LogP contribution in [0, 0.1) is 11.3 Å². The zero-order chi connectivity index (χ0) is 24.5. The minimum atomic E-state index is -0.506. The van der Waals surface area contributed by atoms with Crippen LogP contribution in [-0.2, 0) is 11.3 Å². The van der Waals surface area contributed by atoms with Crippen molar-refractivity contribution >= 4 is 6.09 Å².